The van der Waals surface area contributed by atoms with Crippen LogP contribution in [0.5, 0.6) is 0 Å². The molecule has 0 radical (unpaired) electrons. The molecular formula is C21H35N3O5Si. The number of amides is 1. The van der Waals surface area contributed by atoms with Crippen LogP contribution in [-0.2, 0) is 14.1 Å². The number of nitro groups is 1. The van der Waals surface area contributed by atoms with Gasteiger partial charge in [0, 0.05) is 38.0 Å². The van der Waals surface area contributed by atoms with Crippen molar-refractivity contribution in [2.24, 2.45) is 0 Å². The summed E-state index contributed by atoms with van der Waals surface area (Å²) in [6.45, 7) is 15.5. The summed E-state index contributed by atoms with van der Waals surface area (Å²) in [6.07, 6.45) is 1.55. The third-order valence-corrected chi connectivity index (χ3v) is 10.0. The van der Waals surface area contributed by atoms with Gasteiger partial charge in [-0.2, -0.15) is 0 Å². The first-order valence-corrected chi connectivity index (χ1v) is 12.8. The lowest BCUT2D eigenvalue weighted by atomic mass is 10.2. The molecule has 0 aromatic heterocycles. The number of benzene rings is 1. The lowest BCUT2D eigenvalue weighted by Crippen LogP contribution is -2.49. The standard InChI is InChI=1S/C21H35N3O5Si/c1-9-15-23(17-10-12-18(13-11-17)24(26)27)16-14-19(20(25)22(5)28-6)29-30(7,8)21(2,3)4/h9-13,19H,1,14-16H2,2-8H3/t19-/m1/s1. The zero-order chi connectivity index (χ0) is 23.1. The van der Waals surface area contributed by atoms with Crippen LogP contribution in [0.1, 0.15) is 27.2 Å². The monoisotopic (exact) mass is 437 g/mol. The molecule has 8 nitrogen and oxygen atoms in total. The molecule has 1 amide bonds. The molecule has 168 valence electrons. The van der Waals surface area contributed by atoms with Gasteiger partial charge in [-0.3, -0.25) is 19.7 Å². The van der Waals surface area contributed by atoms with Crippen molar-refractivity contribution in [3.05, 3.63) is 47.0 Å². The van der Waals surface area contributed by atoms with Crippen molar-refractivity contribution in [1.82, 2.24) is 5.06 Å². The molecule has 1 rings (SSSR count). The smallest absolute Gasteiger partial charge is 0.273 e. The summed E-state index contributed by atoms with van der Waals surface area (Å²) in [5.74, 6) is -0.232. The minimum Gasteiger partial charge on any atom is -0.405 e. The van der Waals surface area contributed by atoms with E-state index in [4.69, 9.17) is 9.26 Å². The number of carbonyl (C=O) groups excluding carboxylic acids is 1. The van der Waals surface area contributed by atoms with Crippen molar-refractivity contribution >= 4 is 25.6 Å². The molecule has 0 N–H and O–H groups in total. The number of carbonyl (C=O) groups is 1. The quantitative estimate of drug-likeness (QED) is 0.221. The Balaban J connectivity index is 3.06. The van der Waals surface area contributed by atoms with Gasteiger partial charge >= 0.3 is 0 Å². The van der Waals surface area contributed by atoms with Crippen LogP contribution in [0.3, 0.4) is 0 Å². The lowest BCUT2D eigenvalue weighted by Gasteiger charge is -2.39. The van der Waals surface area contributed by atoms with Crippen LogP contribution >= 0.6 is 0 Å². The number of non-ortho nitro benzene ring substituents is 1. The van der Waals surface area contributed by atoms with Gasteiger partial charge in [-0.1, -0.05) is 26.8 Å². The molecule has 0 aliphatic heterocycles. The van der Waals surface area contributed by atoms with Crippen molar-refractivity contribution in [3.63, 3.8) is 0 Å². The SMILES string of the molecule is C=CCN(CC[C@@H](O[Si](C)(C)C(C)(C)C)C(=O)N(C)OC)c1ccc([N+](=O)[O-])cc1. The Morgan fingerprint density at radius 3 is 2.30 bits per heavy atom. The van der Waals surface area contributed by atoms with Gasteiger partial charge in [0.25, 0.3) is 11.6 Å². The highest BCUT2D eigenvalue weighted by molar-refractivity contribution is 6.74. The van der Waals surface area contributed by atoms with Gasteiger partial charge in [0.1, 0.15) is 6.10 Å². The Morgan fingerprint density at radius 2 is 1.87 bits per heavy atom. The fourth-order valence-corrected chi connectivity index (χ4v) is 3.88. The number of nitrogens with zero attached hydrogens (tertiary/aromatic N) is 3. The highest BCUT2D eigenvalue weighted by Gasteiger charge is 2.41. The van der Waals surface area contributed by atoms with E-state index in [0.717, 1.165) is 5.69 Å². The molecule has 1 aromatic rings. The molecule has 30 heavy (non-hydrogen) atoms. The van der Waals surface area contributed by atoms with Gasteiger partial charge < -0.3 is 9.33 Å². The fourth-order valence-electron chi connectivity index (χ4n) is 2.60. The zero-order valence-corrected chi connectivity index (χ0v) is 20.2. The van der Waals surface area contributed by atoms with Gasteiger partial charge in [0.05, 0.1) is 12.0 Å². The maximum absolute atomic E-state index is 12.9. The Kier molecular flexibility index (Phi) is 9.20. The number of likely N-dealkylation sites (N-methyl/N-ethyl adjacent to an activating group) is 1. The molecule has 0 saturated heterocycles. The van der Waals surface area contributed by atoms with Crippen molar-refractivity contribution in [2.45, 2.75) is 51.4 Å². The Morgan fingerprint density at radius 1 is 1.30 bits per heavy atom. The average molecular weight is 438 g/mol. The fraction of sp³-hybridized carbons (Fsp3) is 0.571. The van der Waals surface area contributed by atoms with Crippen LogP contribution in [-0.4, -0.2) is 57.6 Å². The lowest BCUT2D eigenvalue weighted by molar-refractivity contribution is -0.384. The van der Waals surface area contributed by atoms with E-state index in [0.29, 0.717) is 19.5 Å². The van der Waals surface area contributed by atoms with E-state index in [-0.39, 0.29) is 16.6 Å². The summed E-state index contributed by atoms with van der Waals surface area (Å²) < 4.78 is 6.43. The number of hydrogen-bond acceptors (Lipinski definition) is 6. The van der Waals surface area contributed by atoms with Gasteiger partial charge in [0.15, 0.2) is 8.32 Å². The minimum atomic E-state index is -2.20. The van der Waals surface area contributed by atoms with E-state index in [1.165, 1.54) is 24.3 Å². The van der Waals surface area contributed by atoms with E-state index in [9.17, 15) is 14.9 Å². The topological polar surface area (TPSA) is 85.2 Å². The minimum absolute atomic E-state index is 0.0355. The molecule has 0 heterocycles. The van der Waals surface area contributed by atoms with Crippen LogP contribution in [0, 0.1) is 10.1 Å². The molecule has 0 bridgehead atoms. The predicted molar refractivity (Wildman–Crippen MR) is 122 cm³/mol. The second-order valence-corrected chi connectivity index (χ2v) is 13.4. The van der Waals surface area contributed by atoms with Crippen molar-refractivity contribution in [2.75, 3.05) is 32.1 Å². The van der Waals surface area contributed by atoms with Crippen LogP contribution in [0.25, 0.3) is 0 Å². The summed E-state index contributed by atoms with van der Waals surface area (Å²) in [4.78, 5) is 30.5. The molecule has 9 heteroatoms. The highest BCUT2D eigenvalue weighted by Crippen LogP contribution is 2.38. The predicted octanol–water partition coefficient (Wildman–Crippen LogP) is 4.39. The Hall–Kier alpha value is -2.23. The van der Waals surface area contributed by atoms with Gasteiger partial charge in [-0.25, -0.2) is 5.06 Å². The summed E-state index contributed by atoms with van der Waals surface area (Å²) >= 11 is 0. The summed E-state index contributed by atoms with van der Waals surface area (Å²) in [5, 5.41) is 12.1. The molecule has 0 spiro atoms. The average Bonchev–Trinajstić information content (AvgIpc) is 2.67. The Labute approximate surface area is 180 Å². The first kappa shape index (κ1) is 25.8. The van der Waals surface area contributed by atoms with Crippen LogP contribution in [0.2, 0.25) is 18.1 Å². The second-order valence-electron chi connectivity index (χ2n) is 8.68. The number of nitro benzene ring substituents is 1. The van der Waals surface area contributed by atoms with Gasteiger partial charge in [-0.15, -0.1) is 6.58 Å². The van der Waals surface area contributed by atoms with E-state index in [1.54, 1.807) is 25.3 Å². The van der Waals surface area contributed by atoms with Crippen LogP contribution in [0.4, 0.5) is 11.4 Å². The number of rotatable bonds is 11. The van der Waals surface area contributed by atoms with Crippen LogP contribution in [0.15, 0.2) is 36.9 Å². The summed E-state index contributed by atoms with van der Waals surface area (Å²) in [7, 11) is 0.822. The molecule has 0 aliphatic carbocycles. The Bertz CT molecular complexity index is 731. The second kappa shape index (κ2) is 10.7. The van der Waals surface area contributed by atoms with Crippen LogP contribution < -0.4 is 4.90 Å². The van der Waals surface area contributed by atoms with E-state index in [1.807, 2.05) is 4.90 Å². The molecule has 1 atom stereocenters. The molecule has 0 unspecified atom stereocenters. The van der Waals surface area contributed by atoms with E-state index >= 15 is 0 Å². The number of hydrogen-bond donors (Lipinski definition) is 0. The molecule has 0 saturated carbocycles. The first-order valence-electron chi connectivity index (χ1n) is 9.94. The normalized spacial score (nSPS) is 12.9. The largest absolute Gasteiger partial charge is 0.405 e. The van der Waals surface area contributed by atoms with Gasteiger partial charge in [0.2, 0.25) is 0 Å². The first-order chi connectivity index (χ1) is 13.8. The van der Waals surface area contributed by atoms with Crippen molar-refractivity contribution < 1.29 is 19.0 Å². The van der Waals surface area contributed by atoms with E-state index < -0.39 is 19.3 Å². The molecule has 1 aromatic carbocycles. The number of anilines is 1. The van der Waals surface area contributed by atoms with Crippen molar-refractivity contribution in [1.29, 1.82) is 0 Å². The maximum Gasteiger partial charge on any atom is 0.273 e. The van der Waals surface area contributed by atoms with E-state index in [2.05, 4.69) is 40.4 Å². The van der Waals surface area contributed by atoms with Crippen molar-refractivity contribution in [3.8, 4) is 0 Å². The summed E-state index contributed by atoms with van der Waals surface area (Å²) in [6, 6.07) is 6.35. The summed E-state index contributed by atoms with van der Waals surface area (Å²) in [5.41, 5.74) is 0.854. The molecule has 0 aliphatic rings. The number of hydroxylamine groups is 2. The molecule has 0 fully saturated rings. The third kappa shape index (κ3) is 6.93. The third-order valence-electron chi connectivity index (χ3n) is 5.54. The molecular weight excluding hydrogens is 402 g/mol. The zero-order valence-electron chi connectivity index (χ0n) is 19.2. The van der Waals surface area contributed by atoms with Gasteiger partial charge in [-0.05, 0) is 36.7 Å². The highest BCUT2D eigenvalue weighted by atomic mass is 28.4. The maximum atomic E-state index is 12.9.